The van der Waals surface area contributed by atoms with Crippen LogP contribution < -0.4 is 10.1 Å². The van der Waals surface area contributed by atoms with Gasteiger partial charge in [-0.25, -0.2) is 9.18 Å². The van der Waals surface area contributed by atoms with Crippen LogP contribution >= 0.6 is 0 Å². The third-order valence-corrected chi connectivity index (χ3v) is 7.43. The number of hydrogen-bond donors (Lipinski definition) is 1. The number of hydrogen-bond acceptors (Lipinski definition) is 5. The first-order valence-electron chi connectivity index (χ1n) is 12.3. The summed E-state index contributed by atoms with van der Waals surface area (Å²) in [5, 5.41) is 3.36. The first-order valence-corrected chi connectivity index (χ1v) is 12.3. The topological polar surface area (TPSA) is 64.6 Å². The van der Waals surface area contributed by atoms with Crippen LogP contribution in [0.3, 0.4) is 0 Å². The number of rotatable bonds is 5. The Morgan fingerprint density at radius 2 is 1.74 bits per heavy atom. The van der Waals surface area contributed by atoms with Gasteiger partial charge in [-0.2, -0.15) is 0 Å². The maximum absolute atomic E-state index is 13.8. The predicted octanol–water partition coefficient (Wildman–Crippen LogP) is 5.54. The highest BCUT2D eigenvalue weighted by atomic mass is 19.1. The molecule has 0 saturated heterocycles. The number of fused-ring (bicyclic) bond motifs is 1. The van der Waals surface area contributed by atoms with E-state index < -0.39 is 17.8 Å². The molecule has 2 aromatic rings. The Labute approximate surface area is 205 Å². The fraction of sp³-hybridized carbons (Fsp3) is 0.379. The largest absolute Gasteiger partial charge is 0.496 e. The number of carbonyl (C=O) groups excluding carboxylic acids is 2. The summed E-state index contributed by atoms with van der Waals surface area (Å²) in [5.74, 6) is -1.25. The summed E-state index contributed by atoms with van der Waals surface area (Å²) in [5.41, 5.74) is 3.56. The van der Waals surface area contributed by atoms with Crippen molar-refractivity contribution in [3.8, 4) is 5.75 Å². The van der Waals surface area contributed by atoms with E-state index in [0.29, 0.717) is 11.3 Å². The molecule has 5 rings (SSSR count). The number of esters is 1. The van der Waals surface area contributed by atoms with Crippen molar-refractivity contribution in [1.29, 1.82) is 0 Å². The molecule has 1 fully saturated rings. The second kappa shape index (κ2) is 9.68. The van der Waals surface area contributed by atoms with Gasteiger partial charge in [-0.1, -0.05) is 36.4 Å². The summed E-state index contributed by atoms with van der Waals surface area (Å²) in [6, 6.07) is 13.8. The smallest absolute Gasteiger partial charge is 0.336 e. The van der Waals surface area contributed by atoms with Crippen molar-refractivity contribution in [2.45, 2.75) is 57.0 Å². The number of carbonyl (C=O) groups is 2. The highest BCUT2D eigenvalue weighted by molar-refractivity contribution is 5.96. The normalized spacial score (nSPS) is 24.5. The Bertz CT molecular complexity index is 1190. The molecule has 3 aliphatic rings. The van der Waals surface area contributed by atoms with E-state index in [1.165, 1.54) is 12.1 Å². The minimum Gasteiger partial charge on any atom is -0.496 e. The molecule has 0 spiro atoms. The predicted molar refractivity (Wildman–Crippen MR) is 130 cm³/mol. The summed E-state index contributed by atoms with van der Waals surface area (Å²) < 4.78 is 25.2. The van der Waals surface area contributed by atoms with E-state index in [0.717, 1.165) is 48.3 Å². The Balaban J connectivity index is 1.57. The van der Waals surface area contributed by atoms with Crippen LogP contribution in [0.2, 0.25) is 0 Å². The Kier molecular flexibility index (Phi) is 6.46. The number of nitrogens with one attached hydrogen (secondary N) is 1. The SMILES string of the molecule is COc1ccccc1C1C=C2NC(C)=C(C(=O)OC3CCCC3)C(c3ccc(F)cc3)C2C(=O)C1. The molecule has 2 aliphatic carbocycles. The molecule has 3 atom stereocenters. The molecule has 6 heteroatoms. The van der Waals surface area contributed by atoms with E-state index in [2.05, 4.69) is 11.4 Å². The zero-order valence-electron chi connectivity index (χ0n) is 20.1. The molecule has 0 aromatic heterocycles. The minimum atomic E-state index is -0.568. The van der Waals surface area contributed by atoms with Crippen LogP contribution in [0.15, 0.2) is 71.6 Å². The van der Waals surface area contributed by atoms with Crippen LogP contribution in [-0.2, 0) is 14.3 Å². The molecular weight excluding hydrogens is 445 g/mol. The molecule has 5 nitrogen and oxygen atoms in total. The van der Waals surface area contributed by atoms with E-state index in [-0.39, 0.29) is 30.0 Å². The van der Waals surface area contributed by atoms with Crippen molar-refractivity contribution in [2.75, 3.05) is 7.11 Å². The van der Waals surface area contributed by atoms with Crippen molar-refractivity contribution < 1.29 is 23.5 Å². The van der Waals surface area contributed by atoms with Gasteiger partial charge in [0, 0.05) is 35.2 Å². The molecule has 35 heavy (non-hydrogen) atoms. The third-order valence-electron chi connectivity index (χ3n) is 7.43. The zero-order valence-corrected chi connectivity index (χ0v) is 20.1. The lowest BCUT2D eigenvalue weighted by Crippen LogP contribution is -2.42. The fourth-order valence-electron chi connectivity index (χ4n) is 5.77. The number of para-hydroxylation sites is 1. The van der Waals surface area contributed by atoms with E-state index >= 15 is 0 Å². The molecule has 2 aromatic carbocycles. The lowest BCUT2D eigenvalue weighted by molar-refractivity contribution is -0.144. The van der Waals surface area contributed by atoms with E-state index in [4.69, 9.17) is 9.47 Å². The summed E-state index contributed by atoms with van der Waals surface area (Å²) >= 11 is 0. The van der Waals surface area contributed by atoms with Gasteiger partial charge < -0.3 is 14.8 Å². The summed E-state index contributed by atoms with van der Waals surface area (Å²) in [6.45, 7) is 1.84. The molecule has 1 N–H and O–H groups in total. The van der Waals surface area contributed by atoms with Crippen LogP contribution in [-0.4, -0.2) is 25.0 Å². The zero-order chi connectivity index (χ0) is 24.5. The molecule has 0 radical (unpaired) electrons. The van der Waals surface area contributed by atoms with Gasteiger partial charge in [-0.15, -0.1) is 0 Å². The summed E-state index contributed by atoms with van der Waals surface area (Å²) in [4.78, 5) is 27.1. The standard InChI is InChI=1S/C29H30FNO4/c1-17-26(29(33)35-21-7-3-4-8-21)27(18-11-13-20(30)14-12-18)28-23(31-17)15-19(16-24(28)32)22-9-5-6-10-25(22)34-2/h5-6,9-15,19,21,27-28,31H,3-4,7-8,16H2,1-2H3. The van der Waals surface area contributed by atoms with Crippen LogP contribution in [0.4, 0.5) is 4.39 Å². The maximum Gasteiger partial charge on any atom is 0.336 e. The van der Waals surface area contributed by atoms with Crippen LogP contribution in [0.5, 0.6) is 5.75 Å². The van der Waals surface area contributed by atoms with Crippen molar-refractivity contribution in [2.24, 2.45) is 5.92 Å². The van der Waals surface area contributed by atoms with Crippen LogP contribution in [0.1, 0.15) is 62.0 Å². The molecular formula is C29H30FNO4. The van der Waals surface area contributed by atoms with Gasteiger partial charge in [-0.05, 0) is 56.4 Å². The molecule has 1 heterocycles. The molecule has 0 amide bonds. The molecule has 182 valence electrons. The van der Waals surface area contributed by atoms with Crippen molar-refractivity contribution in [3.05, 3.63) is 88.5 Å². The van der Waals surface area contributed by atoms with Gasteiger partial charge in [-0.3, -0.25) is 4.79 Å². The van der Waals surface area contributed by atoms with Crippen LogP contribution in [0.25, 0.3) is 0 Å². The molecule has 1 saturated carbocycles. The lowest BCUT2D eigenvalue weighted by Gasteiger charge is -2.40. The highest BCUT2D eigenvalue weighted by Gasteiger charge is 2.45. The number of Topliss-reactive ketones (excluding diaryl/α,β-unsaturated/α-hetero) is 1. The van der Waals surface area contributed by atoms with Gasteiger partial charge in [0.2, 0.25) is 0 Å². The van der Waals surface area contributed by atoms with Gasteiger partial charge in [0.25, 0.3) is 0 Å². The van der Waals surface area contributed by atoms with Gasteiger partial charge in [0.15, 0.2) is 0 Å². The number of halogens is 1. The lowest BCUT2D eigenvalue weighted by atomic mass is 9.68. The summed E-state index contributed by atoms with van der Waals surface area (Å²) in [7, 11) is 1.62. The van der Waals surface area contributed by atoms with Gasteiger partial charge in [0.05, 0.1) is 18.6 Å². The minimum absolute atomic E-state index is 0.0268. The van der Waals surface area contributed by atoms with E-state index in [1.807, 2.05) is 31.2 Å². The highest BCUT2D eigenvalue weighted by Crippen LogP contribution is 2.47. The maximum atomic E-state index is 13.8. The second-order valence-corrected chi connectivity index (χ2v) is 9.62. The monoisotopic (exact) mass is 475 g/mol. The van der Waals surface area contributed by atoms with Crippen LogP contribution in [0, 0.1) is 11.7 Å². The Morgan fingerprint density at radius 3 is 2.46 bits per heavy atom. The molecule has 3 unspecified atom stereocenters. The molecule has 1 aliphatic heterocycles. The fourth-order valence-corrected chi connectivity index (χ4v) is 5.77. The molecule has 0 bridgehead atoms. The van der Waals surface area contributed by atoms with Crippen molar-refractivity contribution in [1.82, 2.24) is 5.32 Å². The average Bonchev–Trinajstić information content (AvgIpc) is 3.36. The second-order valence-electron chi connectivity index (χ2n) is 9.62. The van der Waals surface area contributed by atoms with Gasteiger partial charge >= 0.3 is 5.97 Å². The first kappa shape index (κ1) is 23.3. The summed E-state index contributed by atoms with van der Waals surface area (Å²) in [6.07, 6.45) is 6.09. The number of allylic oxidation sites excluding steroid dienone is 3. The van der Waals surface area contributed by atoms with Crippen molar-refractivity contribution in [3.63, 3.8) is 0 Å². The Morgan fingerprint density at radius 1 is 1.03 bits per heavy atom. The van der Waals surface area contributed by atoms with E-state index in [1.54, 1.807) is 19.2 Å². The quantitative estimate of drug-likeness (QED) is 0.576. The van der Waals surface area contributed by atoms with Gasteiger partial charge in [0.1, 0.15) is 23.5 Å². The van der Waals surface area contributed by atoms with E-state index in [9.17, 15) is 14.0 Å². The first-order chi connectivity index (χ1) is 17.0. The Hall–Kier alpha value is -3.41. The number of methoxy groups -OCH3 is 1. The number of ketones is 1. The third kappa shape index (κ3) is 4.49. The average molecular weight is 476 g/mol. The van der Waals surface area contributed by atoms with Crippen molar-refractivity contribution >= 4 is 11.8 Å². The number of ether oxygens (including phenoxy) is 2. The number of benzene rings is 2.